The molecule has 6 aromatic rings. The molecule has 1 aliphatic rings. The summed E-state index contributed by atoms with van der Waals surface area (Å²) >= 11 is 6.46. The molecule has 0 unspecified atom stereocenters. The van der Waals surface area contributed by atoms with Crippen LogP contribution in [0.4, 0.5) is 0 Å². The first kappa shape index (κ1) is 24.1. The second kappa shape index (κ2) is 9.35. The number of pyridine rings is 1. The maximum absolute atomic E-state index is 6.46. The van der Waals surface area contributed by atoms with Crippen LogP contribution < -0.4 is 4.74 Å². The second-order valence-electron chi connectivity index (χ2n) is 10.4. The van der Waals surface area contributed by atoms with Gasteiger partial charge in [-0.25, -0.2) is 9.97 Å². The number of H-pyrrole nitrogens is 1. The van der Waals surface area contributed by atoms with Crippen LogP contribution in [-0.2, 0) is 0 Å². The predicted octanol–water partition coefficient (Wildman–Crippen LogP) is 8.31. The minimum Gasteiger partial charge on any atom is -0.496 e. The number of fused-ring (bicyclic) bond motifs is 4. The lowest BCUT2D eigenvalue weighted by Crippen LogP contribution is -2.09. The molecular formula is C31H28ClN5O2. The zero-order valence-corrected chi connectivity index (χ0v) is 22.9. The average molecular weight is 538 g/mol. The van der Waals surface area contributed by atoms with Crippen LogP contribution in [0.15, 0.2) is 47.1 Å². The molecule has 1 N–H and O–H groups in total. The van der Waals surface area contributed by atoms with Crippen LogP contribution in [0.3, 0.4) is 0 Å². The molecule has 39 heavy (non-hydrogen) atoms. The molecule has 7 rings (SSSR count). The summed E-state index contributed by atoms with van der Waals surface area (Å²) in [6, 6.07) is 12.0. The van der Waals surface area contributed by atoms with Gasteiger partial charge in [0.15, 0.2) is 0 Å². The zero-order chi connectivity index (χ0) is 26.7. The molecule has 1 saturated carbocycles. The Morgan fingerprint density at radius 1 is 0.974 bits per heavy atom. The molecule has 0 aliphatic heterocycles. The summed E-state index contributed by atoms with van der Waals surface area (Å²) in [6.07, 6.45) is 7.75. The molecule has 196 valence electrons. The number of ether oxygens (including phenoxy) is 1. The van der Waals surface area contributed by atoms with Crippen molar-refractivity contribution in [2.45, 2.75) is 51.9 Å². The number of methoxy groups -OCH3 is 1. The molecule has 0 saturated heterocycles. The Kier molecular flexibility index (Phi) is 5.77. The Hall–Kier alpha value is -3.97. The molecule has 4 heterocycles. The maximum atomic E-state index is 6.46. The van der Waals surface area contributed by atoms with Crippen molar-refractivity contribution >= 4 is 44.4 Å². The highest BCUT2D eigenvalue weighted by Gasteiger charge is 2.25. The van der Waals surface area contributed by atoms with Gasteiger partial charge in [-0.2, -0.15) is 0 Å². The van der Waals surface area contributed by atoms with E-state index in [2.05, 4.69) is 27.3 Å². The maximum Gasteiger partial charge on any atom is 0.142 e. The van der Waals surface area contributed by atoms with Crippen LogP contribution in [0, 0.1) is 13.8 Å². The summed E-state index contributed by atoms with van der Waals surface area (Å²) in [4.78, 5) is 18.6. The monoisotopic (exact) mass is 537 g/mol. The van der Waals surface area contributed by atoms with Crippen molar-refractivity contribution in [3.05, 3.63) is 64.9 Å². The van der Waals surface area contributed by atoms with Crippen LogP contribution in [-0.4, -0.2) is 32.2 Å². The fraction of sp³-hybridized carbons (Fsp3) is 0.290. The lowest BCUT2D eigenvalue weighted by atomic mass is 9.88. The Morgan fingerprint density at radius 3 is 2.59 bits per heavy atom. The number of benzene rings is 2. The highest BCUT2D eigenvalue weighted by atomic mass is 35.5. The third kappa shape index (κ3) is 3.95. The Balaban J connectivity index is 1.56. The van der Waals surface area contributed by atoms with Crippen molar-refractivity contribution in [3.8, 4) is 28.1 Å². The third-order valence-corrected chi connectivity index (χ3v) is 8.26. The number of rotatable bonds is 4. The van der Waals surface area contributed by atoms with Gasteiger partial charge in [0.1, 0.15) is 23.0 Å². The number of halogens is 1. The molecule has 7 nitrogen and oxygen atoms in total. The topological polar surface area (TPSA) is 89.7 Å². The summed E-state index contributed by atoms with van der Waals surface area (Å²) in [5.74, 6) is 2.73. The number of aryl methyl sites for hydroxylation is 2. The molecule has 8 heteroatoms. The smallest absolute Gasteiger partial charge is 0.142 e. The number of nitrogens with one attached hydrogen (secondary N) is 1. The fourth-order valence-electron chi connectivity index (χ4n) is 6.14. The van der Waals surface area contributed by atoms with Crippen molar-refractivity contribution < 1.29 is 9.26 Å². The van der Waals surface area contributed by atoms with Gasteiger partial charge >= 0.3 is 0 Å². The van der Waals surface area contributed by atoms with Gasteiger partial charge in [-0.05, 0) is 63.1 Å². The van der Waals surface area contributed by atoms with Crippen LogP contribution in [0.25, 0.3) is 55.2 Å². The minimum absolute atomic E-state index is 0.345. The lowest BCUT2D eigenvalue weighted by molar-refractivity contribution is 0.393. The standard InChI is InChI=1S/C31H28ClN5O2/c1-16-27(17(2)39-37-16)23-14-25-22(15-26(23)38-3)28-29(20-11-12-33-24-10-9-19(32)13-21(20)24)35-30(36-31(28)34-25)18-7-5-4-6-8-18/h9-15,18H,4-8H2,1-3H3,(H,34,35,36). The van der Waals surface area contributed by atoms with Crippen molar-refractivity contribution in [2.75, 3.05) is 7.11 Å². The lowest BCUT2D eigenvalue weighted by Gasteiger charge is -2.21. The molecule has 1 aliphatic carbocycles. The van der Waals surface area contributed by atoms with E-state index in [1.807, 2.05) is 44.3 Å². The summed E-state index contributed by atoms with van der Waals surface area (Å²) in [5, 5.41) is 7.75. The zero-order valence-electron chi connectivity index (χ0n) is 22.1. The van der Waals surface area contributed by atoms with E-state index in [1.54, 1.807) is 7.11 Å². The van der Waals surface area contributed by atoms with Crippen molar-refractivity contribution in [2.24, 2.45) is 0 Å². The normalized spacial score (nSPS) is 14.6. The highest BCUT2D eigenvalue weighted by molar-refractivity contribution is 6.31. The molecule has 0 atom stereocenters. The van der Waals surface area contributed by atoms with E-state index in [4.69, 9.17) is 30.8 Å². The van der Waals surface area contributed by atoms with Crippen molar-refractivity contribution in [1.82, 2.24) is 25.1 Å². The van der Waals surface area contributed by atoms with Crippen LogP contribution in [0.1, 0.15) is 55.3 Å². The molecule has 4 aromatic heterocycles. The van der Waals surface area contributed by atoms with Gasteiger partial charge in [0, 0.05) is 44.6 Å². The van der Waals surface area contributed by atoms with Gasteiger partial charge in [0.05, 0.1) is 35.0 Å². The Bertz CT molecular complexity index is 1860. The van der Waals surface area contributed by atoms with Gasteiger partial charge in [-0.3, -0.25) is 4.98 Å². The predicted molar refractivity (Wildman–Crippen MR) is 154 cm³/mol. The molecular weight excluding hydrogens is 510 g/mol. The van der Waals surface area contributed by atoms with Crippen LogP contribution in [0.2, 0.25) is 5.02 Å². The number of aromatic amines is 1. The summed E-state index contributed by atoms with van der Waals surface area (Å²) in [6.45, 7) is 3.87. The van der Waals surface area contributed by atoms with E-state index >= 15 is 0 Å². The largest absolute Gasteiger partial charge is 0.496 e. The molecule has 0 spiro atoms. The second-order valence-corrected chi connectivity index (χ2v) is 10.9. The molecule has 1 fully saturated rings. The molecule has 2 aromatic carbocycles. The van der Waals surface area contributed by atoms with Crippen molar-refractivity contribution in [3.63, 3.8) is 0 Å². The van der Waals surface area contributed by atoms with Gasteiger partial charge in [-0.15, -0.1) is 0 Å². The molecule has 0 amide bonds. The fourth-order valence-corrected chi connectivity index (χ4v) is 6.31. The van der Waals surface area contributed by atoms with Gasteiger partial charge < -0.3 is 14.2 Å². The first-order chi connectivity index (χ1) is 19.0. The first-order valence-corrected chi connectivity index (χ1v) is 13.8. The molecule has 0 radical (unpaired) electrons. The number of hydrogen-bond donors (Lipinski definition) is 1. The third-order valence-electron chi connectivity index (χ3n) is 8.02. The van der Waals surface area contributed by atoms with E-state index in [9.17, 15) is 0 Å². The van der Waals surface area contributed by atoms with Gasteiger partial charge in [0.25, 0.3) is 0 Å². The van der Waals surface area contributed by atoms with Gasteiger partial charge in [0.2, 0.25) is 0 Å². The summed E-state index contributed by atoms with van der Waals surface area (Å²) < 4.78 is 11.4. The average Bonchev–Trinajstić information content (AvgIpc) is 3.49. The minimum atomic E-state index is 0.345. The van der Waals surface area contributed by atoms with Crippen LogP contribution in [0.5, 0.6) is 5.75 Å². The number of nitrogens with zero attached hydrogens (tertiary/aromatic N) is 4. The van der Waals surface area contributed by atoms with E-state index in [0.717, 1.165) is 91.1 Å². The van der Waals surface area contributed by atoms with E-state index in [-0.39, 0.29) is 0 Å². The van der Waals surface area contributed by atoms with Crippen molar-refractivity contribution in [1.29, 1.82) is 0 Å². The Morgan fingerprint density at radius 2 is 1.82 bits per heavy atom. The first-order valence-electron chi connectivity index (χ1n) is 13.4. The van der Waals surface area contributed by atoms with E-state index < -0.39 is 0 Å². The highest BCUT2D eigenvalue weighted by Crippen LogP contribution is 2.43. The molecule has 0 bridgehead atoms. The summed E-state index contributed by atoms with van der Waals surface area (Å²) in [7, 11) is 1.69. The van der Waals surface area contributed by atoms with E-state index in [1.165, 1.54) is 19.3 Å². The number of aromatic nitrogens is 5. The number of hydrogen-bond acceptors (Lipinski definition) is 6. The van der Waals surface area contributed by atoms with Crippen LogP contribution >= 0.6 is 11.6 Å². The quantitative estimate of drug-likeness (QED) is 0.243. The summed E-state index contributed by atoms with van der Waals surface area (Å²) in [5.41, 5.74) is 7.21. The Labute approximate surface area is 230 Å². The van der Waals surface area contributed by atoms with Gasteiger partial charge in [-0.1, -0.05) is 36.0 Å². The van der Waals surface area contributed by atoms with E-state index in [0.29, 0.717) is 10.9 Å². The SMILES string of the molecule is COc1cc2c(cc1-c1c(C)noc1C)[nH]c1nc(C3CCCCC3)nc(-c3ccnc4ccc(Cl)cc34)c12.